The first-order valence-electron chi connectivity index (χ1n) is 11.4. The molecule has 3 heterocycles. The minimum atomic E-state index is -0.605. The number of hydrogen-bond acceptors (Lipinski definition) is 5. The second kappa shape index (κ2) is 9.96. The number of likely N-dealkylation sites (N-methyl/N-ethyl adjacent to an activating group) is 1. The molecule has 1 fully saturated rings. The third-order valence-electron chi connectivity index (χ3n) is 6.46. The van der Waals surface area contributed by atoms with Crippen LogP contribution >= 0.6 is 0 Å². The van der Waals surface area contributed by atoms with Gasteiger partial charge in [-0.15, -0.1) is 0 Å². The van der Waals surface area contributed by atoms with Crippen LogP contribution in [0.5, 0.6) is 5.75 Å². The van der Waals surface area contributed by atoms with Crippen LogP contribution in [0.25, 0.3) is 0 Å². The number of piperidine rings is 1. The van der Waals surface area contributed by atoms with Crippen LogP contribution < -0.4 is 9.64 Å². The van der Waals surface area contributed by atoms with E-state index >= 15 is 0 Å². The van der Waals surface area contributed by atoms with Gasteiger partial charge in [-0.1, -0.05) is 12.1 Å². The molecule has 5 nitrogen and oxygen atoms in total. The molecule has 0 bridgehead atoms. The molecule has 0 radical (unpaired) electrons. The Morgan fingerprint density at radius 1 is 1.16 bits per heavy atom. The summed E-state index contributed by atoms with van der Waals surface area (Å²) in [5.41, 5.74) is 3.96. The monoisotopic (exact) mass is 426 g/mol. The first-order valence-corrected chi connectivity index (χ1v) is 11.4. The summed E-state index contributed by atoms with van der Waals surface area (Å²) in [5, 5.41) is 0. The van der Waals surface area contributed by atoms with Gasteiger partial charge in [0.05, 0.1) is 6.61 Å². The fourth-order valence-electron chi connectivity index (χ4n) is 4.67. The van der Waals surface area contributed by atoms with E-state index in [9.17, 15) is 4.39 Å². The number of anilines is 1. The highest BCUT2D eigenvalue weighted by Crippen LogP contribution is 2.35. The lowest BCUT2D eigenvalue weighted by Crippen LogP contribution is -2.35. The number of nitrogens with zero attached hydrogens (tertiary/aromatic N) is 4. The number of halogens is 1. The molecular formula is C25H35FN4O. The molecule has 0 spiro atoms. The van der Waals surface area contributed by atoms with Crippen molar-refractivity contribution in [3.8, 4) is 5.75 Å². The number of aromatic nitrogens is 1. The van der Waals surface area contributed by atoms with Gasteiger partial charge >= 0.3 is 0 Å². The third kappa shape index (κ3) is 5.55. The van der Waals surface area contributed by atoms with Crippen molar-refractivity contribution >= 4 is 5.82 Å². The van der Waals surface area contributed by atoms with Crippen LogP contribution in [0.4, 0.5) is 10.2 Å². The lowest BCUT2D eigenvalue weighted by molar-refractivity contribution is 0.143. The van der Waals surface area contributed by atoms with Gasteiger partial charge < -0.3 is 19.4 Å². The lowest BCUT2D eigenvalue weighted by atomic mass is 9.85. The first kappa shape index (κ1) is 22.0. The normalized spacial score (nSPS) is 20.5. The van der Waals surface area contributed by atoms with E-state index in [1.54, 1.807) is 0 Å². The van der Waals surface area contributed by atoms with Gasteiger partial charge in [0.15, 0.2) is 0 Å². The molecule has 1 unspecified atom stereocenters. The lowest BCUT2D eigenvalue weighted by Gasteiger charge is -2.33. The topological polar surface area (TPSA) is 31.8 Å². The van der Waals surface area contributed by atoms with Gasteiger partial charge in [-0.2, -0.15) is 0 Å². The SMILES string of the molecule is CN1Cc2cc(OCCCN3CCC(F)CC3)ccc2C(c2ccc(N(C)C)nc2)C1. The van der Waals surface area contributed by atoms with Crippen molar-refractivity contribution in [2.45, 2.75) is 37.9 Å². The zero-order valence-electron chi connectivity index (χ0n) is 19.1. The number of benzene rings is 1. The highest BCUT2D eigenvalue weighted by atomic mass is 19.1. The molecule has 6 heteroatoms. The summed E-state index contributed by atoms with van der Waals surface area (Å²) in [6.07, 6.45) is 3.73. The summed E-state index contributed by atoms with van der Waals surface area (Å²) in [5.74, 6) is 2.24. The van der Waals surface area contributed by atoms with Crippen LogP contribution in [0.2, 0.25) is 0 Å². The van der Waals surface area contributed by atoms with E-state index in [-0.39, 0.29) is 0 Å². The summed E-state index contributed by atoms with van der Waals surface area (Å²) in [4.78, 5) is 11.4. The van der Waals surface area contributed by atoms with Gasteiger partial charge in [-0.3, -0.25) is 0 Å². The Balaban J connectivity index is 1.37. The van der Waals surface area contributed by atoms with E-state index in [0.717, 1.165) is 50.7 Å². The number of rotatable bonds is 7. The number of likely N-dealkylation sites (tertiary alicyclic amines) is 1. The number of hydrogen-bond donors (Lipinski definition) is 0. The minimum Gasteiger partial charge on any atom is -0.494 e. The molecule has 168 valence electrons. The Hall–Kier alpha value is -2.18. The Bertz CT molecular complexity index is 849. The van der Waals surface area contributed by atoms with Gasteiger partial charge in [0.1, 0.15) is 17.7 Å². The van der Waals surface area contributed by atoms with Gasteiger partial charge in [0.2, 0.25) is 0 Å². The van der Waals surface area contributed by atoms with Gasteiger partial charge in [-0.25, -0.2) is 9.37 Å². The highest BCUT2D eigenvalue weighted by Gasteiger charge is 2.25. The molecule has 0 N–H and O–H groups in total. The number of alkyl halides is 1. The van der Waals surface area contributed by atoms with Crippen LogP contribution in [-0.2, 0) is 6.54 Å². The zero-order valence-corrected chi connectivity index (χ0v) is 19.1. The summed E-state index contributed by atoms with van der Waals surface area (Å²) >= 11 is 0. The van der Waals surface area contributed by atoms with Crippen molar-refractivity contribution in [1.29, 1.82) is 0 Å². The molecule has 0 amide bonds. The van der Waals surface area contributed by atoms with E-state index in [0.29, 0.717) is 25.4 Å². The van der Waals surface area contributed by atoms with Crippen LogP contribution in [0, 0.1) is 0 Å². The molecule has 2 aliphatic heterocycles. The van der Waals surface area contributed by atoms with E-state index in [4.69, 9.17) is 4.74 Å². The van der Waals surface area contributed by atoms with Crippen LogP contribution in [0.15, 0.2) is 36.5 Å². The smallest absolute Gasteiger partial charge is 0.127 e. The molecule has 4 rings (SSSR count). The number of ether oxygens (including phenoxy) is 1. The van der Waals surface area contributed by atoms with E-state index < -0.39 is 6.17 Å². The number of pyridine rings is 1. The summed E-state index contributed by atoms with van der Waals surface area (Å²) in [7, 11) is 6.20. The summed E-state index contributed by atoms with van der Waals surface area (Å²) in [6, 6.07) is 10.8. The fraction of sp³-hybridized carbons (Fsp3) is 0.560. The highest BCUT2D eigenvalue weighted by molar-refractivity contribution is 5.45. The van der Waals surface area contributed by atoms with E-state index in [1.807, 2.05) is 25.2 Å². The maximum absolute atomic E-state index is 13.3. The van der Waals surface area contributed by atoms with Crippen molar-refractivity contribution in [3.63, 3.8) is 0 Å². The fourth-order valence-corrected chi connectivity index (χ4v) is 4.67. The molecule has 1 saturated heterocycles. The van der Waals surface area contributed by atoms with Gasteiger partial charge in [-0.05, 0) is 61.2 Å². The number of fused-ring (bicyclic) bond motifs is 1. The Labute approximate surface area is 185 Å². The summed E-state index contributed by atoms with van der Waals surface area (Å²) in [6.45, 7) is 5.36. The molecule has 0 aliphatic carbocycles. The van der Waals surface area contributed by atoms with Crippen LogP contribution in [0.3, 0.4) is 0 Å². The molecule has 2 aromatic rings. The second-order valence-corrected chi connectivity index (χ2v) is 9.17. The average Bonchev–Trinajstić information content (AvgIpc) is 2.77. The average molecular weight is 427 g/mol. The third-order valence-corrected chi connectivity index (χ3v) is 6.46. The van der Waals surface area contributed by atoms with Crippen LogP contribution in [0.1, 0.15) is 41.9 Å². The van der Waals surface area contributed by atoms with Gasteiger partial charge in [0, 0.05) is 58.9 Å². The van der Waals surface area contributed by atoms with Crippen LogP contribution in [-0.4, -0.2) is 74.9 Å². The maximum atomic E-state index is 13.3. The first-order chi connectivity index (χ1) is 15.0. The quantitative estimate of drug-likeness (QED) is 0.627. The molecule has 1 atom stereocenters. The van der Waals surface area contributed by atoms with Crippen molar-refractivity contribution in [2.24, 2.45) is 0 Å². The molecule has 0 saturated carbocycles. The van der Waals surface area contributed by atoms with Crippen molar-refractivity contribution in [2.75, 3.05) is 58.8 Å². The molecular weight excluding hydrogens is 391 g/mol. The van der Waals surface area contributed by atoms with Crippen molar-refractivity contribution in [3.05, 3.63) is 53.2 Å². The van der Waals surface area contributed by atoms with Gasteiger partial charge in [0.25, 0.3) is 0 Å². The Kier molecular flexibility index (Phi) is 7.08. The zero-order chi connectivity index (χ0) is 21.8. The molecule has 2 aliphatic rings. The minimum absolute atomic E-state index is 0.324. The molecule has 31 heavy (non-hydrogen) atoms. The van der Waals surface area contributed by atoms with E-state index in [2.05, 4.69) is 52.2 Å². The summed E-state index contributed by atoms with van der Waals surface area (Å²) < 4.78 is 19.3. The van der Waals surface area contributed by atoms with Crippen molar-refractivity contribution in [1.82, 2.24) is 14.8 Å². The largest absolute Gasteiger partial charge is 0.494 e. The van der Waals surface area contributed by atoms with E-state index in [1.165, 1.54) is 16.7 Å². The predicted octanol–water partition coefficient (Wildman–Crippen LogP) is 3.93. The predicted molar refractivity (Wildman–Crippen MR) is 124 cm³/mol. The molecule has 1 aromatic heterocycles. The Morgan fingerprint density at radius 3 is 2.68 bits per heavy atom. The molecule has 1 aromatic carbocycles. The standard InChI is InChI=1S/C25H35FN4O/c1-28(2)25-8-5-19(16-27-25)24-18-29(3)17-20-15-22(6-7-23(20)24)31-14-4-11-30-12-9-21(26)10-13-30/h5-8,15-16,21,24H,4,9-14,17-18H2,1-3H3. The Morgan fingerprint density at radius 2 is 1.97 bits per heavy atom. The second-order valence-electron chi connectivity index (χ2n) is 9.17. The van der Waals surface area contributed by atoms with Crippen molar-refractivity contribution < 1.29 is 9.13 Å². The maximum Gasteiger partial charge on any atom is 0.127 e.